The van der Waals surface area contributed by atoms with Gasteiger partial charge >= 0.3 is 5.97 Å². The molecular formula is C13H9F3N2O3. The molecule has 0 aliphatic carbocycles. The molecule has 0 amide bonds. The van der Waals surface area contributed by atoms with Crippen LogP contribution in [0.4, 0.5) is 13.2 Å². The van der Waals surface area contributed by atoms with E-state index in [9.17, 15) is 22.8 Å². The predicted octanol–water partition coefficient (Wildman–Crippen LogP) is 1.83. The van der Waals surface area contributed by atoms with Gasteiger partial charge in [-0.2, -0.15) is 5.10 Å². The summed E-state index contributed by atoms with van der Waals surface area (Å²) in [7, 11) is 0. The summed E-state index contributed by atoms with van der Waals surface area (Å²) in [6.45, 7) is 1.56. The molecule has 0 spiro atoms. The Bertz CT molecular complexity index is 759. The Kier molecular flexibility index (Phi) is 4.06. The summed E-state index contributed by atoms with van der Waals surface area (Å²) >= 11 is 0. The number of ether oxygens (including phenoxy) is 1. The van der Waals surface area contributed by atoms with Gasteiger partial charge in [-0.25, -0.2) is 22.6 Å². The molecule has 1 heterocycles. The molecule has 0 unspecified atom stereocenters. The second kappa shape index (κ2) is 5.78. The van der Waals surface area contributed by atoms with Gasteiger partial charge in [0.05, 0.1) is 6.61 Å². The smallest absolute Gasteiger partial charge is 0.362 e. The van der Waals surface area contributed by atoms with Crippen molar-refractivity contribution >= 4 is 5.97 Å². The van der Waals surface area contributed by atoms with Gasteiger partial charge in [0.25, 0.3) is 0 Å². The maximum absolute atomic E-state index is 13.7. The van der Waals surface area contributed by atoms with Gasteiger partial charge in [0, 0.05) is 12.3 Å². The topological polar surface area (TPSA) is 61.2 Å². The van der Waals surface area contributed by atoms with Crippen molar-refractivity contribution in [3.05, 3.63) is 57.8 Å². The highest BCUT2D eigenvalue weighted by Gasteiger charge is 2.18. The van der Waals surface area contributed by atoms with Crippen LogP contribution in [0.2, 0.25) is 0 Å². The van der Waals surface area contributed by atoms with Crippen molar-refractivity contribution in [3.8, 4) is 5.69 Å². The first kappa shape index (κ1) is 14.8. The molecule has 0 aliphatic heterocycles. The second-order valence-electron chi connectivity index (χ2n) is 3.89. The third-order valence-corrected chi connectivity index (χ3v) is 2.54. The lowest BCUT2D eigenvalue weighted by Crippen LogP contribution is -2.22. The maximum atomic E-state index is 13.7. The van der Waals surface area contributed by atoms with Crippen LogP contribution < -0.4 is 5.43 Å². The fourth-order valence-electron chi connectivity index (χ4n) is 1.58. The first-order chi connectivity index (χ1) is 9.95. The van der Waals surface area contributed by atoms with E-state index in [4.69, 9.17) is 0 Å². The molecule has 2 rings (SSSR count). The Balaban J connectivity index is 2.56. The number of carbonyl (C=O) groups is 1. The van der Waals surface area contributed by atoms with Gasteiger partial charge in [-0.05, 0) is 19.1 Å². The summed E-state index contributed by atoms with van der Waals surface area (Å²) < 4.78 is 45.1. The number of hydrogen-bond donors (Lipinski definition) is 0. The number of rotatable bonds is 3. The number of halogens is 3. The molecule has 0 fully saturated rings. The SMILES string of the molecule is CCOC(=O)c1nn(-c2ccc(F)c(F)c2F)ccc1=O. The lowest BCUT2D eigenvalue weighted by molar-refractivity contribution is 0.0515. The summed E-state index contributed by atoms with van der Waals surface area (Å²) in [6.07, 6.45) is 1.03. The van der Waals surface area contributed by atoms with E-state index in [1.165, 1.54) is 6.92 Å². The lowest BCUT2D eigenvalue weighted by atomic mass is 10.3. The number of hydrogen-bond acceptors (Lipinski definition) is 4. The van der Waals surface area contributed by atoms with Crippen molar-refractivity contribution < 1.29 is 22.7 Å². The van der Waals surface area contributed by atoms with Crippen LogP contribution in [0.25, 0.3) is 5.69 Å². The van der Waals surface area contributed by atoms with E-state index in [1.54, 1.807) is 0 Å². The third kappa shape index (κ3) is 2.78. The molecule has 0 radical (unpaired) electrons. The minimum absolute atomic E-state index is 0.0222. The maximum Gasteiger partial charge on any atom is 0.362 e. The molecule has 0 aliphatic rings. The van der Waals surface area contributed by atoms with E-state index >= 15 is 0 Å². The first-order valence-corrected chi connectivity index (χ1v) is 5.86. The van der Waals surface area contributed by atoms with Crippen LogP contribution >= 0.6 is 0 Å². The van der Waals surface area contributed by atoms with E-state index in [-0.39, 0.29) is 6.61 Å². The lowest BCUT2D eigenvalue weighted by Gasteiger charge is -2.08. The minimum Gasteiger partial charge on any atom is -0.461 e. The summed E-state index contributed by atoms with van der Waals surface area (Å²) in [6, 6.07) is 2.58. The molecule has 0 atom stereocenters. The molecule has 2 aromatic rings. The Labute approximate surface area is 116 Å². The van der Waals surface area contributed by atoms with E-state index in [0.29, 0.717) is 6.07 Å². The zero-order valence-electron chi connectivity index (χ0n) is 10.8. The Morgan fingerprint density at radius 2 is 1.95 bits per heavy atom. The average Bonchev–Trinajstić information content (AvgIpc) is 2.46. The van der Waals surface area contributed by atoms with Gasteiger partial charge < -0.3 is 4.74 Å². The molecule has 1 aromatic heterocycles. The highest BCUT2D eigenvalue weighted by molar-refractivity contribution is 5.86. The number of esters is 1. The van der Waals surface area contributed by atoms with Crippen molar-refractivity contribution in [1.82, 2.24) is 9.78 Å². The summed E-state index contributed by atoms with van der Waals surface area (Å²) in [5.74, 6) is -5.51. The Hall–Kier alpha value is -2.64. The fraction of sp³-hybridized carbons (Fsp3) is 0.154. The monoisotopic (exact) mass is 298 g/mol. The van der Waals surface area contributed by atoms with E-state index in [0.717, 1.165) is 23.0 Å². The van der Waals surface area contributed by atoms with Crippen LogP contribution in [0.3, 0.4) is 0 Å². The number of aromatic nitrogens is 2. The predicted molar refractivity (Wildman–Crippen MR) is 65.7 cm³/mol. The molecule has 0 N–H and O–H groups in total. The molecule has 1 aromatic carbocycles. The van der Waals surface area contributed by atoms with E-state index < -0.39 is 40.2 Å². The van der Waals surface area contributed by atoms with Gasteiger partial charge in [0.2, 0.25) is 11.1 Å². The number of benzene rings is 1. The molecule has 0 saturated carbocycles. The van der Waals surface area contributed by atoms with Crippen molar-refractivity contribution in [2.24, 2.45) is 0 Å². The van der Waals surface area contributed by atoms with Gasteiger partial charge in [0.15, 0.2) is 17.5 Å². The van der Waals surface area contributed by atoms with Crippen molar-refractivity contribution in [2.45, 2.75) is 6.92 Å². The molecule has 0 saturated heterocycles. The van der Waals surface area contributed by atoms with Crippen LogP contribution in [0.1, 0.15) is 17.4 Å². The largest absolute Gasteiger partial charge is 0.461 e. The van der Waals surface area contributed by atoms with Crippen LogP contribution in [-0.4, -0.2) is 22.4 Å². The zero-order valence-corrected chi connectivity index (χ0v) is 10.8. The quantitative estimate of drug-likeness (QED) is 0.640. The average molecular weight is 298 g/mol. The van der Waals surface area contributed by atoms with Crippen LogP contribution in [0.15, 0.2) is 29.2 Å². The number of carbonyl (C=O) groups excluding carboxylic acids is 1. The highest BCUT2D eigenvalue weighted by Crippen LogP contribution is 2.17. The van der Waals surface area contributed by atoms with E-state index in [2.05, 4.69) is 9.84 Å². The molecular weight excluding hydrogens is 289 g/mol. The molecule has 5 nitrogen and oxygen atoms in total. The molecule has 0 bridgehead atoms. The normalized spacial score (nSPS) is 10.5. The van der Waals surface area contributed by atoms with Gasteiger partial charge in [-0.15, -0.1) is 0 Å². The van der Waals surface area contributed by atoms with Crippen LogP contribution in [0, 0.1) is 17.5 Å². The molecule has 110 valence electrons. The third-order valence-electron chi connectivity index (χ3n) is 2.54. The first-order valence-electron chi connectivity index (χ1n) is 5.86. The van der Waals surface area contributed by atoms with Gasteiger partial charge in [-0.1, -0.05) is 0 Å². The van der Waals surface area contributed by atoms with Crippen molar-refractivity contribution in [2.75, 3.05) is 6.61 Å². The Morgan fingerprint density at radius 1 is 1.24 bits per heavy atom. The Morgan fingerprint density at radius 3 is 2.62 bits per heavy atom. The summed E-state index contributed by atoms with van der Waals surface area (Å²) in [4.78, 5) is 23.0. The number of nitrogens with zero attached hydrogens (tertiary/aromatic N) is 2. The van der Waals surface area contributed by atoms with Gasteiger partial charge in [-0.3, -0.25) is 4.79 Å². The highest BCUT2D eigenvalue weighted by atomic mass is 19.2. The standard InChI is InChI=1S/C13H9F3N2O3/c1-2-21-13(20)12-9(19)5-6-18(17-12)8-4-3-7(14)10(15)11(8)16/h3-6H,2H2,1H3. The van der Waals surface area contributed by atoms with Crippen molar-refractivity contribution in [1.29, 1.82) is 0 Å². The summed E-state index contributed by atoms with van der Waals surface area (Å²) in [5, 5.41) is 3.59. The summed E-state index contributed by atoms with van der Waals surface area (Å²) in [5.41, 5.74) is -1.75. The van der Waals surface area contributed by atoms with Crippen LogP contribution in [-0.2, 0) is 4.74 Å². The minimum atomic E-state index is -1.68. The van der Waals surface area contributed by atoms with E-state index in [1.807, 2.05) is 0 Å². The van der Waals surface area contributed by atoms with Gasteiger partial charge in [0.1, 0.15) is 5.69 Å². The fourth-order valence-corrected chi connectivity index (χ4v) is 1.58. The van der Waals surface area contributed by atoms with Crippen LogP contribution in [0.5, 0.6) is 0 Å². The second-order valence-corrected chi connectivity index (χ2v) is 3.89. The van der Waals surface area contributed by atoms with Crippen molar-refractivity contribution in [3.63, 3.8) is 0 Å². The molecule has 21 heavy (non-hydrogen) atoms. The molecule has 8 heteroatoms. The zero-order chi connectivity index (χ0) is 15.6.